The van der Waals surface area contributed by atoms with E-state index < -0.39 is 5.82 Å². The molecule has 108 valence electrons. The molecule has 5 heteroatoms. The van der Waals surface area contributed by atoms with Crippen molar-refractivity contribution in [2.24, 2.45) is 0 Å². The van der Waals surface area contributed by atoms with Crippen LogP contribution in [0.4, 0.5) is 4.39 Å². The zero-order valence-corrected chi connectivity index (χ0v) is 11.9. The van der Waals surface area contributed by atoms with Crippen molar-refractivity contribution in [3.63, 3.8) is 0 Å². The molecule has 0 fully saturated rings. The maximum atomic E-state index is 13.5. The highest BCUT2D eigenvalue weighted by Crippen LogP contribution is 2.24. The molecular weight excluding hydrogens is 269 g/mol. The van der Waals surface area contributed by atoms with E-state index in [0.717, 1.165) is 12.1 Å². The van der Waals surface area contributed by atoms with Crippen LogP contribution in [0.2, 0.25) is 0 Å². The molecule has 0 saturated carbocycles. The lowest BCUT2D eigenvalue weighted by molar-refractivity contribution is 0.455. The second-order valence-corrected chi connectivity index (χ2v) is 4.56. The van der Waals surface area contributed by atoms with Gasteiger partial charge in [0.25, 0.3) is 0 Å². The van der Waals surface area contributed by atoms with Gasteiger partial charge < -0.3 is 10.1 Å². The highest BCUT2D eigenvalue weighted by molar-refractivity contribution is 5.38. The van der Waals surface area contributed by atoms with E-state index in [2.05, 4.69) is 10.3 Å². The average molecular weight is 285 g/mol. The molecule has 0 spiro atoms. The van der Waals surface area contributed by atoms with Gasteiger partial charge in [-0.3, -0.25) is 0 Å². The van der Waals surface area contributed by atoms with E-state index in [1.807, 2.05) is 26.0 Å². The van der Waals surface area contributed by atoms with Gasteiger partial charge in [-0.25, -0.2) is 9.37 Å². The van der Waals surface area contributed by atoms with Gasteiger partial charge >= 0.3 is 0 Å². The zero-order valence-electron chi connectivity index (χ0n) is 11.9. The van der Waals surface area contributed by atoms with Crippen LogP contribution < -0.4 is 10.1 Å². The second kappa shape index (κ2) is 6.82. The number of pyridine rings is 1. The number of benzene rings is 1. The van der Waals surface area contributed by atoms with E-state index in [9.17, 15) is 4.39 Å². The summed E-state index contributed by atoms with van der Waals surface area (Å²) in [5, 5.41) is 12.0. The SMILES string of the molecule is CCNC(C)c1ccnc(Oc2ccc(C#N)c(F)c2)c1. The Kier molecular flexibility index (Phi) is 4.85. The third kappa shape index (κ3) is 3.77. The number of ether oxygens (including phenoxy) is 1. The molecule has 1 heterocycles. The highest BCUT2D eigenvalue weighted by atomic mass is 19.1. The minimum absolute atomic E-state index is 0.00942. The van der Waals surface area contributed by atoms with Crippen LogP contribution in [0.5, 0.6) is 11.6 Å². The van der Waals surface area contributed by atoms with Crippen LogP contribution in [0.25, 0.3) is 0 Å². The van der Waals surface area contributed by atoms with Crippen LogP contribution in [0.3, 0.4) is 0 Å². The summed E-state index contributed by atoms with van der Waals surface area (Å²) in [6.07, 6.45) is 1.65. The van der Waals surface area contributed by atoms with Gasteiger partial charge in [0.2, 0.25) is 5.88 Å². The maximum Gasteiger partial charge on any atom is 0.219 e. The number of nitrogens with one attached hydrogen (secondary N) is 1. The molecule has 0 aliphatic carbocycles. The van der Waals surface area contributed by atoms with Crippen LogP contribution >= 0.6 is 0 Å². The standard InChI is InChI=1S/C16H16FN3O/c1-3-19-11(2)12-6-7-20-16(8-12)21-14-5-4-13(10-18)15(17)9-14/h4-9,11,19H,3H2,1-2H3. The highest BCUT2D eigenvalue weighted by Gasteiger charge is 2.08. The Morgan fingerprint density at radius 2 is 2.19 bits per heavy atom. The van der Waals surface area contributed by atoms with Gasteiger partial charge in [-0.1, -0.05) is 6.92 Å². The topological polar surface area (TPSA) is 57.9 Å². The van der Waals surface area contributed by atoms with Crippen molar-refractivity contribution < 1.29 is 9.13 Å². The molecule has 1 aromatic heterocycles. The average Bonchev–Trinajstić information content (AvgIpc) is 2.48. The van der Waals surface area contributed by atoms with Gasteiger partial charge in [-0.15, -0.1) is 0 Å². The summed E-state index contributed by atoms with van der Waals surface area (Å²) in [7, 11) is 0. The van der Waals surface area contributed by atoms with Crippen molar-refractivity contribution in [2.75, 3.05) is 6.54 Å². The summed E-state index contributed by atoms with van der Waals surface area (Å²) in [6, 6.07) is 9.77. The molecule has 2 aromatic rings. The van der Waals surface area contributed by atoms with Gasteiger partial charge in [-0.2, -0.15) is 5.26 Å². The zero-order chi connectivity index (χ0) is 15.2. The first-order chi connectivity index (χ1) is 10.1. The fourth-order valence-electron chi connectivity index (χ4n) is 1.94. The molecule has 0 saturated heterocycles. The Labute approximate surface area is 123 Å². The van der Waals surface area contributed by atoms with Gasteiger partial charge in [0.1, 0.15) is 17.6 Å². The predicted molar refractivity (Wildman–Crippen MR) is 77.5 cm³/mol. The Morgan fingerprint density at radius 1 is 1.38 bits per heavy atom. The minimum atomic E-state index is -0.604. The van der Waals surface area contributed by atoms with Gasteiger partial charge in [0.15, 0.2) is 0 Å². The van der Waals surface area contributed by atoms with Crippen LogP contribution in [-0.2, 0) is 0 Å². The molecule has 21 heavy (non-hydrogen) atoms. The van der Waals surface area contributed by atoms with Crippen LogP contribution in [0.15, 0.2) is 36.5 Å². The smallest absolute Gasteiger partial charge is 0.219 e. The lowest BCUT2D eigenvalue weighted by Crippen LogP contribution is -2.17. The fourth-order valence-corrected chi connectivity index (χ4v) is 1.94. The first-order valence-electron chi connectivity index (χ1n) is 6.71. The van der Waals surface area contributed by atoms with E-state index in [1.54, 1.807) is 18.3 Å². The van der Waals surface area contributed by atoms with Crippen LogP contribution in [0, 0.1) is 17.1 Å². The van der Waals surface area contributed by atoms with Crippen molar-refractivity contribution in [1.82, 2.24) is 10.3 Å². The number of aromatic nitrogens is 1. The summed E-state index contributed by atoms with van der Waals surface area (Å²) in [6.45, 7) is 4.94. The van der Waals surface area contributed by atoms with Crippen molar-refractivity contribution in [3.8, 4) is 17.7 Å². The van der Waals surface area contributed by atoms with Crippen LogP contribution in [0.1, 0.15) is 31.0 Å². The largest absolute Gasteiger partial charge is 0.439 e. The molecule has 0 amide bonds. The minimum Gasteiger partial charge on any atom is -0.439 e. The van der Waals surface area contributed by atoms with Crippen LogP contribution in [-0.4, -0.2) is 11.5 Å². The number of nitrogens with zero attached hydrogens (tertiary/aromatic N) is 2. The van der Waals surface area contributed by atoms with E-state index in [0.29, 0.717) is 11.6 Å². The van der Waals surface area contributed by atoms with Gasteiger partial charge in [0, 0.05) is 24.4 Å². The lowest BCUT2D eigenvalue weighted by atomic mass is 10.1. The molecule has 1 aromatic carbocycles. The fraction of sp³-hybridized carbons (Fsp3) is 0.250. The van der Waals surface area contributed by atoms with Gasteiger partial charge in [-0.05, 0) is 37.2 Å². The molecule has 1 N–H and O–H groups in total. The third-order valence-corrected chi connectivity index (χ3v) is 3.05. The van der Waals surface area contributed by atoms with E-state index >= 15 is 0 Å². The molecule has 0 bridgehead atoms. The van der Waals surface area contributed by atoms with Crippen molar-refractivity contribution >= 4 is 0 Å². The Hall–Kier alpha value is -2.45. The third-order valence-electron chi connectivity index (χ3n) is 3.05. The summed E-state index contributed by atoms with van der Waals surface area (Å²) in [4.78, 5) is 4.11. The van der Waals surface area contributed by atoms with E-state index in [-0.39, 0.29) is 11.6 Å². The number of halogens is 1. The normalized spacial score (nSPS) is 11.7. The van der Waals surface area contributed by atoms with E-state index in [4.69, 9.17) is 10.00 Å². The summed E-state index contributed by atoms with van der Waals surface area (Å²) < 4.78 is 19.1. The molecule has 1 unspecified atom stereocenters. The van der Waals surface area contributed by atoms with Crippen molar-refractivity contribution in [2.45, 2.75) is 19.9 Å². The summed E-state index contributed by atoms with van der Waals surface area (Å²) in [5.41, 5.74) is 1.03. The summed E-state index contributed by atoms with van der Waals surface area (Å²) in [5.74, 6) is 0.0980. The molecule has 2 rings (SSSR count). The predicted octanol–water partition coefficient (Wildman–Crippen LogP) is 3.56. The maximum absolute atomic E-state index is 13.5. The first kappa shape index (κ1) is 14.9. The Morgan fingerprint density at radius 3 is 2.86 bits per heavy atom. The number of rotatable bonds is 5. The molecule has 1 atom stereocenters. The Balaban J connectivity index is 2.18. The summed E-state index contributed by atoms with van der Waals surface area (Å²) >= 11 is 0. The molecule has 0 aliphatic rings. The molecule has 0 radical (unpaired) electrons. The quantitative estimate of drug-likeness (QED) is 0.912. The second-order valence-electron chi connectivity index (χ2n) is 4.56. The van der Waals surface area contributed by atoms with Gasteiger partial charge in [0.05, 0.1) is 5.56 Å². The molecular formula is C16H16FN3O. The number of hydrogen-bond acceptors (Lipinski definition) is 4. The molecule has 0 aliphatic heterocycles. The molecule has 4 nitrogen and oxygen atoms in total. The first-order valence-corrected chi connectivity index (χ1v) is 6.71. The number of nitriles is 1. The Bertz CT molecular complexity index is 667. The lowest BCUT2D eigenvalue weighted by Gasteiger charge is -2.13. The van der Waals surface area contributed by atoms with E-state index in [1.165, 1.54) is 12.1 Å². The van der Waals surface area contributed by atoms with Crippen molar-refractivity contribution in [3.05, 3.63) is 53.5 Å². The number of hydrogen-bond donors (Lipinski definition) is 1. The monoisotopic (exact) mass is 285 g/mol. The van der Waals surface area contributed by atoms with Crippen molar-refractivity contribution in [1.29, 1.82) is 5.26 Å².